The molecule has 0 aliphatic rings. The summed E-state index contributed by atoms with van der Waals surface area (Å²) in [6.07, 6.45) is 0.663. The first-order valence-corrected chi connectivity index (χ1v) is 4.07. The second-order valence-electron chi connectivity index (χ2n) is 2.51. The maximum Gasteiger partial charge on any atom is 0.200 e. The Bertz CT molecular complexity index is 271. The van der Waals surface area contributed by atoms with E-state index in [9.17, 15) is 5.11 Å². The minimum absolute atomic E-state index is 0.0402. The van der Waals surface area contributed by atoms with Crippen LogP contribution in [0.2, 0.25) is 0 Å². The lowest BCUT2D eigenvalue weighted by Crippen LogP contribution is -1.96. The molecule has 1 aromatic carbocycles. The van der Waals surface area contributed by atoms with E-state index in [4.69, 9.17) is 9.47 Å². The molecule has 1 N–H and O–H groups in total. The molecule has 1 aromatic rings. The van der Waals surface area contributed by atoms with Crippen LogP contribution in [0.15, 0.2) is 18.2 Å². The Morgan fingerprint density at radius 3 is 2.69 bits per heavy atom. The van der Waals surface area contributed by atoms with Gasteiger partial charge in [-0.25, -0.2) is 0 Å². The van der Waals surface area contributed by atoms with Gasteiger partial charge in [0.2, 0.25) is 5.75 Å². The van der Waals surface area contributed by atoms with E-state index in [2.05, 4.69) is 6.92 Å². The predicted octanol–water partition coefficient (Wildman–Crippen LogP) is 2.00. The maximum absolute atomic E-state index is 9.55. The molecule has 0 spiro atoms. The highest BCUT2D eigenvalue weighted by Crippen LogP contribution is 2.35. The molecule has 0 saturated carbocycles. The Hall–Kier alpha value is -1.38. The standard InChI is InChI=1S/C10H13O3/c1-3-7-13-9-6-4-5-8(12-2)10(9)11/h4-6,11H,1,3,7H2,2H3. The number of aromatic hydroxyl groups is 1. The molecule has 0 saturated heterocycles. The zero-order valence-corrected chi connectivity index (χ0v) is 7.62. The van der Waals surface area contributed by atoms with Crippen LogP contribution in [0.1, 0.15) is 6.42 Å². The Morgan fingerprint density at radius 1 is 1.38 bits per heavy atom. The van der Waals surface area contributed by atoms with Gasteiger partial charge in [0.15, 0.2) is 11.5 Å². The average molecular weight is 181 g/mol. The summed E-state index contributed by atoms with van der Waals surface area (Å²) in [6.45, 7) is 4.12. The smallest absolute Gasteiger partial charge is 0.200 e. The Kier molecular flexibility index (Phi) is 3.43. The molecule has 3 nitrogen and oxygen atoms in total. The summed E-state index contributed by atoms with van der Waals surface area (Å²) in [6, 6.07) is 5.12. The lowest BCUT2D eigenvalue weighted by atomic mass is 10.3. The molecular formula is C10H13O3. The number of para-hydroxylation sites is 1. The van der Waals surface area contributed by atoms with Crippen molar-refractivity contribution in [3.63, 3.8) is 0 Å². The molecule has 0 amide bonds. The lowest BCUT2D eigenvalue weighted by molar-refractivity contribution is 0.295. The number of phenols is 1. The number of rotatable bonds is 4. The van der Waals surface area contributed by atoms with Crippen LogP contribution in [0.5, 0.6) is 17.2 Å². The zero-order valence-electron chi connectivity index (χ0n) is 7.62. The van der Waals surface area contributed by atoms with Gasteiger partial charge in [0.1, 0.15) is 0 Å². The van der Waals surface area contributed by atoms with Crippen LogP contribution >= 0.6 is 0 Å². The Morgan fingerprint density at radius 2 is 2.08 bits per heavy atom. The van der Waals surface area contributed by atoms with Crippen molar-refractivity contribution >= 4 is 0 Å². The van der Waals surface area contributed by atoms with Gasteiger partial charge in [-0.3, -0.25) is 0 Å². The molecular weight excluding hydrogens is 168 g/mol. The maximum atomic E-state index is 9.55. The number of phenolic OH excluding ortho intramolecular Hbond substituents is 1. The minimum Gasteiger partial charge on any atom is -0.502 e. The lowest BCUT2D eigenvalue weighted by Gasteiger charge is -2.09. The summed E-state index contributed by atoms with van der Waals surface area (Å²) in [5.74, 6) is 0.892. The van der Waals surface area contributed by atoms with Crippen LogP contribution in [0.25, 0.3) is 0 Å². The van der Waals surface area contributed by atoms with Gasteiger partial charge in [0.05, 0.1) is 13.7 Å². The summed E-state index contributed by atoms with van der Waals surface area (Å²) in [4.78, 5) is 0. The Balaban J connectivity index is 2.81. The van der Waals surface area contributed by atoms with Gasteiger partial charge in [0.25, 0.3) is 0 Å². The highest BCUT2D eigenvalue weighted by atomic mass is 16.5. The van der Waals surface area contributed by atoms with E-state index in [0.717, 1.165) is 0 Å². The van der Waals surface area contributed by atoms with Crippen LogP contribution in [0.3, 0.4) is 0 Å². The number of hydrogen-bond donors (Lipinski definition) is 1. The van der Waals surface area contributed by atoms with Crippen molar-refractivity contribution in [3.05, 3.63) is 25.1 Å². The third kappa shape index (κ3) is 2.28. The molecule has 0 heterocycles. The van der Waals surface area contributed by atoms with Crippen LogP contribution < -0.4 is 9.47 Å². The zero-order chi connectivity index (χ0) is 9.68. The van der Waals surface area contributed by atoms with E-state index in [0.29, 0.717) is 24.5 Å². The molecule has 0 unspecified atom stereocenters. The van der Waals surface area contributed by atoms with Crippen molar-refractivity contribution in [3.8, 4) is 17.2 Å². The van der Waals surface area contributed by atoms with E-state index in [1.165, 1.54) is 7.11 Å². The van der Waals surface area contributed by atoms with Crippen molar-refractivity contribution < 1.29 is 14.6 Å². The van der Waals surface area contributed by atoms with Crippen LogP contribution in [-0.2, 0) is 0 Å². The van der Waals surface area contributed by atoms with E-state index < -0.39 is 0 Å². The number of benzene rings is 1. The second-order valence-corrected chi connectivity index (χ2v) is 2.51. The van der Waals surface area contributed by atoms with Crippen LogP contribution in [-0.4, -0.2) is 18.8 Å². The monoisotopic (exact) mass is 181 g/mol. The molecule has 0 bridgehead atoms. The topological polar surface area (TPSA) is 38.7 Å². The van der Waals surface area contributed by atoms with Gasteiger partial charge < -0.3 is 14.6 Å². The van der Waals surface area contributed by atoms with E-state index in [1.807, 2.05) is 0 Å². The van der Waals surface area contributed by atoms with E-state index >= 15 is 0 Å². The molecule has 0 aliphatic carbocycles. The third-order valence-electron chi connectivity index (χ3n) is 1.58. The SMILES string of the molecule is [CH2]CCOc1cccc(OC)c1O. The highest BCUT2D eigenvalue weighted by molar-refractivity contribution is 5.49. The molecule has 0 atom stereocenters. The van der Waals surface area contributed by atoms with Gasteiger partial charge in [-0.15, -0.1) is 0 Å². The molecule has 71 valence electrons. The van der Waals surface area contributed by atoms with Gasteiger partial charge in [-0.05, 0) is 25.5 Å². The van der Waals surface area contributed by atoms with Gasteiger partial charge >= 0.3 is 0 Å². The van der Waals surface area contributed by atoms with E-state index in [-0.39, 0.29) is 5.75 Å². The van der Waals surface area contributed by atoms with Crippen LogP contribution in [0, 0.1) is 6.92 Å². The van der Waals surface area contributed by atoms with E-state index in [1.54, 1.807) is 18.2 Å². The first-order valence-electron chi connectivity index (χ1n) is 4.07. The molecule has 1 radical (unpaired) electrons. The van der Waals surface area contributed by atoms with Crippen molar-refractivity contribution in [2.45, 2.75) is 6.42 Å². The highest BCUT2D eigenvalue weighted by Gasteiger charge is 2.06. The largest absolute Gasteiger partial charge is 0.502 e. The van der Waals surface area contributed by atoms with Crippen molar-refractivity contribution in [2.24, 2.45) is 0 Å². The predicted molar refractivity (Wildman–Crippen MR) is 50.1 cm³/mol. The van der Waals surface area contributed by atoms with Crippen molar-refractivity contribution in [1.82, 2.24) is 0 Å². The molecule has 1 rings (SSSR count). The molecule has 0 aliphatic heterocycles. The van der Waals surface area contributed by atoms with Gasteiger partial charge in [-0.1, -0.05) is 6.07 Å². The molecule has 0 fully saturated rings. The quantitative estimate of drug-likeness (QED) is 0.772. The van der Waals surface area contributed by atoms with Crippen molar-refractivity contribution in [2.75, 3.05) is 13.7 Å². The first kappa shape index (κ1) is 9.71. The Labute approximate surface area is 77.9 Å². The summed E-state index contributed by atoms with van der Waals surface area (Å²) in [7, 11) is 1.50. The second kappa shape index (κ2) is 4.60. The summed E-state index contributed by atoms with van der Waals surface area (Å²) < 4.78 is 10.2. The van der Waals surface area contributed by atoms with Crippen molar-refractivity contribution in [1.29, 1.82) is 0 Å². The minimum atomic E-state index is 0.0402. The average Bonchev–Trinajstić information content (AvgIpc) is 2.16. The fourth-order valence-corrected chi connectivity index (χ4v) is 0.966. The number of hydrogen-bond acceptors (Lipinski definition) is 3. The molecule has 13 heavy (non-hydrogen) atoms. The molecule has 3 heteroatoms. The number of ether oxygens (including phenoxy) is 2. The fourth-order valence-electron chi connectivity index (χ4n) is 0.966. The molecule has 0 aromatic heterocycles. The van der Waals surface area contributed by atoms with Gasteiger partial charge in [0, 0.05) is 0 Å². The van der Waals surface area contributed by atoms with Crippen LogP contribution in [0.4, 0.5) is 0 Å². The fraction of sp³-hybridized carbons (Fsp3) is 0.300. The van der Waals surface area contributed by atoms with Gasteiger partial charge in [-0.2, -0.15) is 0 Å². The summed E-state index contributed by atoms with van der Waals surface area (Å²) in [5, 5.41) is 9.55. The summed E-state index contributed by atoms with van der Waals surface area (Å²) in [5.41, 5.74) is 0. The number of methoxy groups -OCH3 is 1. The third-order valence-corrected chi connectivity index (χ3v) is 1.58. The first-order chi connectivity index (χ1) is 6.29. The normalized spacial score (nSPS) is 9.69. The summed E-state index contributed by atoms with van der Waals surface area (Å²) >= 11 is 0.